The van der Waals surface area contributed by atoms with Crippen LogP contribution in [-0.2, 0) is 27.3 Å². The zero-order chi connectivity index (χ0) is 21.5. The van der Waals surface area contributed by atoms with Gasteiger partial charge < -0.3 is 19.7 Å². The van der Waals surface area contributed by atoms with Gasteiger partial charge in [-0.2, -0.15) is 0 Å². The number of hydrogen-bond acceptors (Lipinski definition) is 4. The van der Waals surface area contributed by atoms with Gasteiger partial charge in [0.15, 0.2) is 0 Å². The van der Waals surface area contributed by atoms with Crippen LogP contribution in [0, 0.1) is 5.92 Å². The maximum Gasteiger partial charge on any atom is 0.407 e. The Hall–Kier alpha value is -2.86. The molecule has 1 aliphatic heterocycles. The van der Waals surface area contributed by atoms with Crippen LogP contribution < -0.4 is 5.32 Å². The van der Waals surface area contributed by atoms with Crippen molar-refractivity contribution in [3.63, 3.8) is 0 Å². The van der Waals surface area contributed by atoms with E-state index in [1.807, 2.05) is 65.6 Å². The molecule has 6 heteroatoms. The molecule has 31 heavy (non-hydrogen) atoms. The highest BCUT2D eigenvalue weighted by Gasteiger charge is 2.41. The minimum atomic E-state index is -0.511. The summed E-state index contributed by atoms with van der Waals surface area (Å²) in [7, 11) is 0. The summed E-state index contributed by atoms with van der Waals surface area (Å²) >= 11 is 0. The second-order valence-electron chi connectivity index (χ2n) is 8.32. The third-order valence-corrected chi connectivity index (χ3v) is 6.16. The van der Waals surface area contributed by atoms with Crippen LogP contribution >= 0.6 is 0 Å². The Bertz CT molecular complexity index is 858. The Morgan fingerprint density at radius 3 is 2.42 bits per heavy atom. The van der Waals surface area contributed by atoms with E-state index in [1.54, 1.807) is 0 Å². The maximum absolute atomic E-state index is 13.5. The first-order valence-corrected chi connectivity index (χ1v) is 11.1. The number of fused-ring (bicyclic) bond motifs is 1. The zero-order valence-electron chi connectivity index (χ0n) is 17.7. The van der Waals surface area contributed by atoms with Crippen LogP contribution in [0.3, 0.4) is 0 Å². The highest BCUT2D eigenvalue weighted by Crippen LogP contribution is 2.31. The van der Waals surface area contributed by atoms with Gasteiger partial charge in [0, 0.05) is 6.54 Å². The molecule has 2 amide bonds. The number of nitrogens with zero attached hydrogens (tertiary/aromatic N) is 1. The average molecular weight is 423 g/mol. The predicted molar refractivity (Wildman–Crippen MR) is 117 cm³/mol. The molecule has 0 radical (unpaired) electrons. The zero-order valence-corrected chi connectivity index (χ0v) is 17.7. The van der Waals surface area contributed by atoms with E-state index >= 15 is 0 Å². The fourth-order valence-electron chi connectivity index (χ4n) is 4.49. The molecule has 0 spiro atoms. The van der Waals surface area contributed by atoms with Gasteiger partial charge in [0.1, 0.15) is 13.3 Å². The molecule has 2 aliphatic rings. The quantitative estimate of drug-likeness (QED) is 0.735. The lowest BCUT2D eigenvalue weighted by atomic mass is 9.91. The number of carbonyl (C=O) groups is 2. The summed E-state index contributed by atoms with van der Waals surface area (Å²) in [5.41, 5.74) is 1.99. The molecule has 164 valence electrons. The second kappa shape index (κ2) is 10.4. The molecule has 2 fully saturated rings. The van der Waals surface area contributed by atoms with E-state index < -0.39 is 6.09 Å². The third kappa shape index (κ3) is 5.64. The molecule has 1 N–H and O–H groups in total. The Kier molecular flexibility index (Phi) is 7.20. The minimum absolute atomic E-state index is 0.0432. The molecule has 4 rings (SSSR count). The van der Waals surface area contributed by atoms with E-state index in [0.29, 0.717) is 13.2 Å². The first-order chi connectivity index (χ1) is 15.2. The van der Waals surface area contributed by atoms with Crippen molar-refractivity contribution in [3.05, 3.63) is 71.8 Å². The Labute approximate surface area is 183 Å². The number of amides is 2. The van der Waals surface area contributed by atoms with Crippen LogP contribution in [0.2, 0.25) is 0 Å². The topological polar surface area (TPSA) is 67.9 Å². The first-order valence-electron chi connectivity index (χ1n) is 11.1. The number of benzene rings is 2. The maximum atomic E-state index is 13.5. The van der Waals surface area contributed by atoms with E-state index in [2.05, 4.69) is 5.32 Å². The Morgan fingerprint density at radius 1 is 1.00 bits per heavy atom. The number of ether oxygens (including phenoxy) is 2. The standard InChI is InChI=1S/C25H30N2O4/c28-24(27-18-31-23-14-8-7-13-22(23)27)21(15-19-9-3-1-4-10-19)16-26-25(29)30-17-20-11-5-2-6-12-20/h1-6,9-12,21-23H,7-8,13-18H2,(H,26,29)/t21-,22+,23+/m0/s1. The van der Waals surface area contributed by atoms with Gasteiger partial charge in [-0.3, -0.25) is 4.79 Å². The summed E-state index contributed by atoms with van der Waals surface area (Å²) in [6.07, 6.45) is 4.49. The molecule has 0 unspecified atom stereocenters. The molecule has 2 aromatic carbocycles. The smallest absolute Gasteiger partial charge is 0.407 e. The highest BCUT2D eigenvalue weighted by atomic mass is 16.5. The van der Waals surface area contributed by atoms with E-state index in [4.69, 9.17) is 9.47 Å². The average Bonchev–Trinajstić information content (AvgIpc) is 3.25. The predicted octanol–water partition coefficient (Wildman–Crippen LogP) is 3.90. The fraction of sp³-hybridized carbons (Fsp3) is 0.440. The van der Waals surface area contributed by atoms with Gasteiger partial charge in [0.25, 0.3) is 0 Å². The second-order valence-corrected chi connectivity index (χ2v) is 8.32. The molecule has 3 atom stereocenters. The minimum Gasteiger partial charge on any atom is -0.445 e. The summed E-state index contributed by atoms with van der Waals surface area (Å²) in [6, 6.07) is 19.6. The van der Waals surface area contributed by atoms with Crippen LogP contribution in [-0.4, -0.2) is 42.3 Å². The van der Waals surface area contributed by atoms with Crippen molar-refractivity contribution >= 4 is 12.0 Å². The van der Waals surface area contributed by atoms with Gasteiger partial charge >= 0.3 is 6.09 Å². The van der Waals surface area contributed by atoms with Crippen molar-refractivity contribution in [2.75, 3.05) is 13.3 Å². The summed E-state index contributed by atoms with van der Waals surface area (Å²) in [5, 5.41) is 2.80. The van der Waals surface area contributed by atoms with Crippen LogP contribution in [0.4, 0.5) is 4.79 Å². The van der Waals surface area contributed by atoms with Crippen molar-refractivity contribution in [1.82, 2.24) is 10.2 Å². The van der Waals surface area contributed by atoms with Crippen LogP contribution in [0.5, 0.6) is 0 Å². The van der Waals surface area contributed by atoms with Gasteiger partial charge in [-0.25, -0.2) is 4.79 Å². The first kappa shape index (κ1) is 21.4. The number of hydrogen-bond donors (Lipinski definition) is 1. The van der Waals surface area contributed by atoms with Gasteiger partial charge in [0.05, 0.1) is 18.1 Å². The van der Waals surface area contributed by atoms with Crippen molar-refractivity contribution in [2.45, 2.75) is 50.9 Å². The van der Waals surface area contributed by atoms with E-state index in [-0.39, 0.29) is 37.1 Å². The van der Waals surface area contributed by atoms with E-state index in [0.717, 1.165) is 36.8 Å². The van der Waals surface area contributed by atoms with Crippen molar-refractivity contribution in [3.8, 4) is 0 Å². The normalized spacial score (nSPS) is 21.2. The van der Waals surface area contributed by atoms with E-state index in [9.17, 15) is 9.59 Å². The lowest BCUT2D eigenvalue weighted by molar-refractivity contribution is -0.137. The molecule has 1 saturated heterocycles. The molecule has 2 aromatic rings. The van der Waals surface area contributed by atoms with Crippen LogP contribution in [0.15, 0.2) is 60.7 Å². The van der Waals surface area contributed by atoms with Gasteiger partial charge in [0.2, 0.25) is 5.91 Å². The summed E-state index contributed by atoms with van der Waals surface area (Å²) < 4.78 is 11.2. The molecule has 1 saturated carbocycles. The fourth-order valence-corrected chi connectivity index (χ4v) is 4.49. The van der Waals surface area contributed by atoms with Gasteiger partial charge in [-0.15, -0.1) is 0 Å². The highest BCUT2D eigenvalue weighted by molar-refractivity contribution is 5.80. The molecule has 1 heterocycles. The third-order valence-electron chi connectivity index (χ3n) is 6.16. The Balaban J connectivity index is 1.38. The Morgan fingerprint density at radius 2 is 1.68 bits per heavy atom. The molecule has 1 aliphatic carbocycles. The van der Waals surface area contributed by atoms with Crippen molar-refractivity contribution < 1.29 is 19.1 Å². The number of rotatable bonds is 7. The lowest BCUT2D eigenvalue weighted by Gasteiger charge is -2.31. The van der Waals surface area contributed by atoms with Gasteiger partial charge in [-0.1, -0.05) is 73.5 Å². The summed E-state index contributed by atoms with van der Waals surface area (Å²) in [5.74, 6) is -0.322. The van der Waals surface area contributed by atoms with E-state index in [1.165, 1.54) is 0 Å². The summed E-state index contributed by atoms with van der Waals surface area (Å²) in [6.45, 7) is 0.779. The number of alkyl carbamates (subject to hydrolysis) is 1. The molecular weight excluding hydrogens is 392 g/mol. The number of nitrogens with one attached hydrogen (secondary N) is 1. The van der Waals surface area contributed by atoms with Crippen molar-refractivity contribution in [2.24, 2.45) is 5.92 Å². The summed E-state index contributed by atoms with van der Waals surface area (Å²) in [4.78, 5) is 27.6. The molecule has 0 aromatic heterocycles. The lowest BCUT2D eigenvalue weighted by Crippen LogP contribution is -2.47. The number of carbonyl (C=O) groups excluding carboxylic acids is 2. The molecule has 0 bridgehead atoms. The molecular formula is C25H30N2O4. The van der Waals surface area contributed by atoms with Crippen LogP contribution in [0.25, 0.3) is 0 Å². The van der Waals surface area contributed by atoms with Crippen molar-refractivity contribution in [1.29, 1.82) is 0 Å². The molecule has 6 nitrogen and oxygen atoms in total. The SMILES string of the molecule is O=C(NC[C@H](Cc1ccccc1)C(=O)N1CO[C@@H]2CCCC[C@H]21)OCc1ccccc1. The largest absolute Gasteiger partial charge is 0.445 e. The van der Waals surface area contributed by atoms with Gasteiger partial charge in [-0.05, 0) is 30.4 Å². The monoisotopic (exact) mass is 422 g/mol. The van der Waals surface area contributed by atoms with Crippen LogP contribution in [0.1, 0.15) is 36.8 Å².